The van der Waals surface area contributed by atoms with Gasteiger partial charge in [0.2, 0.25) is 0 Å². The van der Waals surface area contributed by atoms with Gasteiger partial charge >= 0.3 is 0 Å². The van der Waals surface area contributed by atoms with Gasteiger partial charge in [-0.3, -0.25) is 4.79 Å². The molecule has 1 N–H and O–H groups in total. The molecule has 0 bridgehead atoms. The highest BCUT2D eigenvalue weighted by molar-refractivity contribution is 5.99. The molecule has 1 aromatic carbocycles. The van der Waals surface area contributed by atoms with E-state index in [-0.39, 0.29) is 5.91 Å². The first-order chi connectivity index (χ1) is 10.1. The minimum atomic E-state index is 0.147. The maximum Gasteiger partial charge on any atom is 0.255 e. The predicted molar refractivity (Wildman–Crippen MR) is 88.7 cm³/mol. The van der Waals surface area contributed by atoms with E-state index in [1.165, 1.54) is 12.8 Å². The molecule has 1 aromatic rings. The molecule has 0 saturated heterocycles. The fourth-order valence-corrected chi connectivity index (χ4v) is 3.19. The Labute approximate surface area is 128 Å². The van der Waals surface area contributed by atoms with Crippen LogP contribution >= 0.6 is 0 Å². The molecule has 3 heteroatoms. The Morgan fingerprint density at radius 1 is 1.33 bits per heavy atom. The number of hydrogen-bond acceptors (Lipinski definition) is 2. The van der Waals surface area contributed by atoms with Crippen LogP contribution in [0.4, 0.5) is 5.69 Å². The molecule has 0 aliphatic heterocycles. The lowest BCUT2D eigenvalue weighted by atomic mass is 9.86. The van der Waals surface area contributed by atoms with E-state index in [0.29, 0.717) is 6.04 Å². The van der Waals surface area contributed by atoms with E-state index in [1.807, 2.05) is 36.2 Å². The van der Waals surface area contributed by atoms with Crippen LogP contribution in [0, 0.1) is 5.92 Å². The molecule has 2 rings (SSSR count). The molecule has 1 amide bonds. The summed E-state index contributed by atoms with van der Waals surface area (Å²) in [5, 5.41) is 3.36. The van der Waals surface area contributed by atoms with Crippen molar-refractivity contribution in [2.75, 3.05) is 18.9 Å². The summed E-state index contributed by atoms with van der Waals surface area (Å²) in [6.45, 7) is 5.32. The van der Waals surface area contributed by atoms with Gasteiger partial charge in [-0.15, -0.1) is 0 Å². The van der Waals surface area contributed by atoms with Crippen molar-refractivity contribution in [2.45, 2.75) is 52.0 Å². The summed E-state index contributed by atoms with van der Waals surface area (Å²) in [5.41, 5.74) is 1.76. The minimum Gasteiger partial charge on any atom is -0.384 e. The Balaban J connectivity index is 2.11. The zero-order chi connectivity index (χ0) is 15.2. The Morgan fingerprint density at radius 3 is 2.81 bits per heavy atom. The molecule has 1 saturated carbocycles. The molecule has 2 atom stereocenters. The number of nitrogens with zero attached hydrogens (tertiary/aromatic N) is 1. The fourth-order valence-electron chi connectivity index (χ4n) is 3.19. The van der Waals surface area contributed by atoms with Gasteiger partial charge in [0.15, 0.2) is 0 Å². The van der Waals surface area contributed by atoms with Crippen LogP contribution in [0.2, 0.25) is 0 Å². The number of hydrogen-bond donors (Lipinski definition) is 1. The van der Waals surface area contributed by atoms with Crippen molar-refractivity contribution in [1.82, 2.24) is 4.90 Å². The summed E-state index contributed by atoms with van der Waals surface area (Å²) in [5.74, 6) is 0.876. The number of amides is 1. The average Bonchev–Trinajstić information content (AvgIpc) is 2.51. The maximum absolute atomic E-state index is 12.8. The van der Waals surface area contributed by atoms with Gasteiger partial charge in [-0.25, -0.2) is 0 Å². The first-order valence-corrected chi connectivity index (χ1v) is 8.23. The smallest absolute Gasteiger partial charge is 0.255 e. The third kappa shape index (κ3) is 3.99. The van der Waals surface area contributed by atoms with E-state index < -0.39 is 0 Å². The molecule has 3 nitrogen and oxygen atoms in total. The topological polar surface area (TPSA) is 32.3 Å². The van der Waals surface area contributed by atoms with Crippen LogP contribution in [-0.4, -0.2) is 30.4 Å². The van der Waals surface area contributed by atoms with Gasteiger partial charge < -0.3 is 10.2 Å². The molecule has 0 aromatic heterocycles. The molecular formula is C18H28N2O. The SMILES string of the molecule is CCCNc1ccccc1C(=O)N(C)C1CCCC(C)C1. The highest BCUT2D eigenvalue weighted by Crippen LogP contribution is 2.28. The second-order valence-electron chi connectivity index (χ2n) is 6.31. The maximum atomic E-state index is 12.8. The molecule has 1 fully saturated rings. The first-order valence-electron chi connectivity index (χ1n) is 8.23. The molecule has 1 aliphatic carbocycles. The molecule has 21 heavy (non-hydrogen) atoms. The number of benzene rings is 1. The van der Waals surface area contributed by atoms with Crippen LogP contribution in [0.3, 0.4) is 0 Å². The summed E-state index contributed by atoms with van der Waals surface area (Å²) >= 11 is 0. The van der Waals surface area contributed by atoms with Crippen LogP contribution in [0.5, 0.6) is 0 Å². The average molecular weight is 288 g/mol. The molecular weight excluding hydrogens is 260 g/mol. The lowest BCUT2D eigenvalue weighted by Crippen LogP contribution is -2.40. The van der Waals surface area contributed by atoms with Crippen molar-refractivity contribution in [2.24, 2.45) is 5.92 Å². The molecule has 1 aliphatic rings. The van der Waals surface area contributed by atoms with Crippen molar-refractivity contribution in [3.8, 4) is 0 Å². The predicted octanol–water partition coefficient (Wildman–Crippen LogP) is 4.16. The summed E-state index contributed by atoms with van der Waals surface area (Å²) in [6, 6.07) is 8.25. The molecule has 2 unspecified atom stereocenters. The normalized spacial score (nSPS) is 21.9. The standard InChI is InChI=1S/C18H28N2O/c1-4-12-19-17-11-6-5-10-16(17)18(21)20(3)15-9-7-8-14(2)13-15/h5-6,10-11,14-15,19H,4,7-9,12-13H2,1-3H3. The number of rotatable bonds is 5. The minimum absolute atomic E-state index is 0.147. The van der Waals surface area contributed by atoms with Crippen molar-refractivity contribution < 1.29 is 4.79 Å². The number of nitrogens with one attached hydrogen (secondary N) is 1. The summed E-state index contributed by atoms with van der Waals surface area (Å²) in [7, 11) is 1.96. The van der Waals surface area contributed by atoms with Gasteiger partial charge in [0.05, 0.1) is 5.56 Å². The quantitative estimate of drug-likeness (QED) is 0.882. The van der Waals surface area contributed by atoms with E-state index in [9.17, 15) is 4.79 Å². The van der Waals surface area contributed by atoms with Gasteiger partial charge in [0.1, 0.15) is 0 Å². The van der Waals surface area contributed by atoms with Crippen LogP contribution in [-0.2, 0) is 0 Å². The fraction of sp³-hybridized carbons (Fsp3) is 0.611. The van der Waals surface area contributed by atoms with Crippen molar-refractivity contribution in [1.29, 1.82) is 0 Å². The van der Waals surface area contributed by atoms with E-state index in [4.69, 9.17) is 0 Å². The van der Waals surface area contributed by atoms with E-state index in [2.05, 4.69) is 19.2 Å². The second-order valence-corrected chi connectivity index (χ2v) is 6.31. The highest BCUT2D eigenvalue weighted by atomic mass is 16.2. The Kier molecular flexibility index (Phi) is 5.66. The number of para-hydroxylation sites is 1. The Bertz CT molecular complexity index is 472. The van der Waals surface area contributed by atoms with Crippen LogP contribution < -0.4 is 5.32 Å². The van der Waals surface area contributed by atoms with Gasteiger partial charge in [0.25, 0.3) is 5.91 Å². The highest BCUT2D eigenvalue weighted by Gasteiger charge is 2.26. The number of anilines is 1. The van der Waals surface area contributed by atoms with Crippen LogP contribution in [0.1, 0.15) is 56.3 Å². The third-order valence-corrected chi connectivity index (χ3v) is 4.50. The Morgan fingerprint density at radius 2 is 2.10 bits per heavy atom. The van der Waals surface area contributed by atoms with E-state index in [1.54, 1.807) is 0 Å². The van der Waals surface area contributed by atoms with E-state index in [0.717, 1.165) is 43.0 Å². The summed E-state index contributed by atoms with van der Waals surface area (Å²) in [6.07, 6.45) is 5.86. The zero-order valence-electron chi connectivity index (χ0n) is 13.6. The van der Waals surface area contributed by atoms with Crippen molar-refractivity contribution in [3.63, 3.8) is 0 Å². The summed E-state index contributed by atoms with van der Waals surface area (Å²) in [4.78, 5) is 14.8. The first kappa shape index (κ1) is 15.9. The monoisotopic (exact) mass is 288 g/mol. The molecule has 0 radical (unpaired) electrons. The lowest BCUT2D eigenvalue weighted by molar-refractivity contribution is 0.0673. The van der Waals surface area contributed by atoms with Crippen LogP contribution in [0.25, 0.3) is 0 Å². The van der Waals surface area contributed by atoms with E-state index >= 15 is 0 Å². The number of carbonyl (C=O) groups excluding carboxylic acids is 1. The Hall–Kier alpha value is -1.51. The van der Waals surface area contributed by atoms with Gasteiger partial charge in [-0.1, -0.05) is 38.8 Å². The van der Waals surface area contributed by atoms with Crippen molar-refractivity contribution >= 4 is 11.6 Å². The van der Waals surface area contributed by atoms with Crippen molar-refractivity contribution in [3.05, 3.63) is 29.8 Å². The number of carbonyl (C=O) groups is 1. The lowest BCUT2D eigenvalue weighted by Gasteiger charge is -2.34. The summed E-state index contributed by atoms with van der Waals surface area (Å²) < 4.78 is 0. The largest absolute Gasteiger partial charge is 0.384 e. The van der Waals surface area contributed by atoms with Crippen LogP contribution in [0.15, 0.2) is 24.3 Å². The molecule has 0 heterocycles. The van der Waals surface area contributed by atoms with Gasteiger partial charge in [-0.2, -0.15) is 0 Å². The zero-order valence-corrected chi connectivity index (χ0v) is 13.6. The van der Waals surface area contributed by atoms with Gasteiger partial charge in [-0.05, 0) is 37.3 Å². The second kappa shape index (κ2) is 7.48. The third-order valence-electron chi connectivity index (χ3n) is 4.50. The molecule has 0 spiro atoms. The molecule has 116 valence electrons. The van der Waals surface area contributed by atoms with Gasteiger partial charge in [0, 0.05) is 25.3 Å².